The molecule has 104 valence electrons. The Labute approximate surface area is 123 Å². The number of hydrogen-bond donors (Lipinski definition) is 2. The van der Waals surface area contributed by atoms with Crippen molar-refractivity contribution >= 4 is 39.9 Å². The molecule has 0 aliphatic rings. The monoisotopic (exact) mass is 380 g/mol. The molecule has 0 amide bonds. The van der Waals surface area contributed by atoms with Crippen molar-refractivity contribution in [1.29, 1.82) is 0 Å². The maximum atomic E-state index is 11.1. The maximum Gasteiger partial charge on any atom is 0.326 e. The largest absolute Gasteiger partial charge is 0.480 e. The summed E-state index contributed by atoms with van der Waals surface area (Å²) in [7, 11) is 1.46. The second-order valence-corrected chi connectivity index (χ2v) is 4.98. The highest BCUT2D eigenvalue weighted by Gasteiger charge is 2.21. The fourth-order valence-electron chi connectivity index (χ4n) is 1.46. The summed E-state index contributed by atoms with van der Waals surface area (Å²) >= 11 is 1.96. The fourth-order valence-corrected chi connectivity index (χ4v) is 1.93. The van der Waals surface area contributed by atoms with Crippen LogP contribution in [0.4, 0.5) is 11.4 Å². The predicted molar refractivity (Wildman–Crippen MR) is 77.4 cm³/mol. The van der Waals surface area contributed by atoms with E-state index in [-0.39, 0.29) is 24.4 Å². The third-order valence-corrected chi connectivity index (χ3v) is 3.07. The third-order valence-electron chi connectivity index (χ3n) is 2.39. The first-order valence-electron chi connectivity index (χ1n) is 5.38. The van der Waals surface area contributed by atoms with Crippen LogP contribution in [0.15, 0.2) is 18.2 Å². The molecule has 0 bridgehead atoms. The summed E-state index contributed by atoms with van der Waals surface area (Å²) in [6.45, 7) is 0.252. The Morgan fingerprint density at radius 3 is 2.84 bits per heavy atom. The van der Waals surface area contributed by atoms with E-state index < -0.39 is 16.9 Å². The van der Waals surface area contributed by atoms with Gasteiger partial charge in [0.05, 0.1) is 4.92 Å². The van der Waals surface area contributed by atoms with Crippen LogP contribution in [0, 0.1) is 13.7 Å². The normalized spacial score (nSPS) is 11.9. The first-order valence-corrected chi connectivity index (χ1v) is 6.45. The molecule has 1 atom stereocenters. The molecular weight excluding hydrogens is 367 g/mol. The molecule has 1 unspecified atom stereocenters. The molecule has 0 aliphatic heterocycles. The van der Waals surface area contributed by atoms with Crippen LogP contribution in [0.2, 0.25) is 0 Å². The first-order chi connectivity index (χ1) is 8.95. The van der Waals surface area contributed by atoms with Gasteiger partial charge in [-0.15, -0.1) is 0 Å². The number of halogens is 1. The van der Waals surface area contributed by atoms with Crippen LogP contribution in [0.1, 0.15) is 6.42 Å². The van der Waals surface area contributed by atoms with Gasteiger partial charge in [-0.1, -0.05) is 0 Å². The van der Waals surface area contributed by atoms with Crippen molar-refractivity contribution < 1.29 is 19.6 Å². The summed E-state index contributed by atoms with van der Waals surface area (Å²) in [5.74, 6) is -1.08. The minimum atomic E-state index is -1.08. The molecule has 1 aromatic rings. The molecule has 0 spiro atoms. The van der Waals surface area contributed by atoms with Gasteiger partial charge in [0.2, 0.25) is 0 Å². The maximum absolute atomic E-state index is 11.1. The number of nitro benzene ring substituents is 1. The number of aliphatic carboxylic acids is 1. The van der Waals surface area contributed by atoms with Crippen molar-refractivity contribution in [1.82, 2.24) is 0 Å². The van der Waals surface area contributed by atoms with Crippen molar-refractivity contribution in [3.63, 3.8) is 0 Å². The van der Waals surface area contributed by atoms with Gasteiger partial charge in [0.25, 0.3) is 5.69 Å². The molecule has 0 radical (unpaired) electrons. The molecule has 1 rings (SSSR count). The van der Waals surface area contributed by atoms with Crippen LogP contribution in [0.3, 0.4) is 0 Å². The molecule has 2 N–H and O–H groups in total. The number of nitrogens with zero attached hydrogens (tertiary/aromatic N) is 1. The Hall–Kier alpha value is -1.42. The molecule has 0 heterocycles. The lowest BCUT2D eigenvalue weighted by Gasteiger charge is -2.15. The van der Waals surface area contributed by atoms with E-state index in [1.54, 1.807) is 6.07 Å². The second-order valence-electron chi connectivity index (χ2n) is 3.74. The van der Waals surface area contributed by atoms with Crippen LogP contribution in [0.5, 0.6) is 0 Å². The van der Waals surface area contributed by atoms with Gasteiger partial charge in [0.1, 0.15) is 11.7 Å². The molecule has 0 fully saturated rings. The summed E-state index contributed by atoms with van der Waals surface area (Å²) < 4.78 is 5.53. The highest BCUT2D eigenvalue weighted by Crippen LogP contribution is 2.27. The Morgan fingerprint density at radius 2 is 2.32 bits per heavy atom. The van der Waals surface area contributed by atoms with E-state index in [1.807, 2.05) is 22.6 Å². The minimum absolute atomic E-state index is 0.143. The van der Waals surface area contributed by atoms with Gasteiger partial charge < -0.3 is 15.2 Å². The van der Waals surface area contributed by atoms with Crippen LogP contribution in [0.25, 0.3) is 0 Å². The lowest BCUT2D eigenvalue weighted by atomic mass is 10.2. The third kappa shape index (κ3) is 4.63. The van der Waals surface area contributed by atoms with Crippen molar-refractivity contribution in [3.8, 4) is 0 Å². The molecule has 0 aromatic heterocycles. The van der Waals surface area contributed by atoms with Crippen LogP contribution >= 0.6 is 22.6 Å². The van der Waals surface area contributed by atoms with E-state index in [9.17, 15) is 14.9 Å². The molecule has 0 saturated heterocycles. The number of methoxy groups -OCH3 is 1. The molecule has 0 aliphatic carbocycles. The van der Waals surface area contributed by atoms with Gasteiger partial charge in [0, 0.05) is 29.8 Å². The van der Waals surface area contributed by atoms with Crippen molar-refractivity contribution in [3.05, 3.63) is 31.9 Å². The zero-order valence-electron chi connectivity index (χ0n) is 10.1. The highest BCUT2D eigenvalue weighted by atomic mass is 127. The Bertz CT molecular complexity index is 480. The molecule has 1 aromatic carbocycles. The molecule has 7 nitrogen and oxygen atoms in total. The summed E-state index contributed by atoms with van der Waals surface area (Å²) in [4.78, 5) is 21.5. The minimum Gasteiger partial charge on any atom is -0.480 e. The van der Waals surface area contributed by atoms with E-state index in [0.717, 1.165) is 0 Å². The van der Waals surface area contributed by atoms with Gasteiger partial charge in [0.15, 0.2) is 0 Å². The van der Waals surface area contributed by atoms with Crippen LogP contribution in [-0.2, 0) is 9.53 Å². The highest BCUT2D eigenvalue weighted by molar-refractivity contribution is 14.1. The molecular formula is C11H13IN2O5. The predicted octanol–water partition coefficient (Wildman–Crippen LogP) is 2.10. The number of rotatable bonds is 7. The zero-order valence-corrected chi connectivity index (χ0v) is 12.3. The molecule has 19 heavy (non-hydrogen) atoms. The van der Waals surface area contributed by atoms with Gasteiger partial charge in [-0.25, -0.2) is 4.79 Å². The van der Waals surface area contributed by atoms with Gasteiger partial charge in [-0.2, -0.15) is 0 Å². The number of anilines is 1. The number of nitrogens with one attached hydrogen (secondary N) is 1. The van der Waals surface area contributed by atoms with E-state index in [4.69, 9.17) is 9.84 Å². The number of carbonyl (C=O) groups is 1. The smallest absolute Gasteiger partial charge is 0.326 e. The van der Waals surface area contributed by atoms with E-state index in [1.165, 1.54) is 19.2 Å². The van der Waals surface area contributed by atoms with Gasteiger partial charge in [-0.3, -0.25) is 10.1 Å². The Kier molecular flexibility index (Phi) is 5.96. The summed E-state index contributed by atoms with van der Waals surface area (Å²) in [6.07, 6.45) is 0.217. The fraction of sp³-hybridized carbons (Fsp3) is 0.364. The lowest BCUT2D eigenvalue weighted by molar-refractivity contribution is -0.384. The van der Waals surface area contributed by atoms with Crippen molar-refractivity contribution in [2.45, 2.75) is 12.5 Å². The summed E-state index contributed by atoms with van der Waals surface area (Å²) in [5, 5.41) is 22.7. The number of hydrogen-bond acceptors (Lipinski definition) is 5. The van der Waals surface area contributed by atoms with Crippen molar-refractivity contribution in [2.75, 3.05) is 19.0 Å². The average Bonchev–Trinajstić information content (AvgIpc) is 2.35. The Morgan fingerprint density at radius 1 is 1.63 bits per heavy atom. The quantitative estimate of drug-likeness (QED) is 0.427. The number of ether oxygens (including phenoxy) is 1. The second kappa shape index (κ2) is 7.24. The number of carboxylic acid groups (broad SMARTS) is 1. The van der Waals surface area contributed by atoms with Crippen LogP contribution < -0.4 is 5.32 Å². The van der Waals surface area contributed by atoms with E-state index in [2.05, 4.69) is 5.32 Å². The summed E-state index contributed by atoms with van der Waals surface area (Å²) in [5.41, 5.74) is 0.0458. The van der Waals surface area contributed by atoms with Crippen molar-refractivity contribution in [2.24, 2.45) is 0 Å². The number of benzene rings is 1. The van der Waals surface area contributed by atoms with E-state index in [0.29, 0.717) is 3.57 Å². The average molecular weight is 380 g/mol. The summed E-state index contributed by atoms with van der Waals surface area (Å²) in [6, 6.07) is 3.63. The van der Waals surface area contributed by atoms with Crippen LogP contribution in [-0.4, -0.2) is 35.8 Å². The van der Waals surface area contributed by atoms with E-state index >= 15 is 0 Å². The number of carboxylic acids is 1. The molecule has 8 heteroatoms. The molecule has 0 saturated carbocycles. The number of nitro groups is 1. The Balaban J connectivity index is 2.95. The lowest BCUT2D eigenvalue weighted by Crippen LogP contribution is -2.30. The zero-order chi connectivity index (χ0) is 14.4. The standard InChI is InChI=1S/C11H13IN2O5/c1-19-5-4-9(11(15)16)13-8-3-2-7(12)6-10(8)14(17)18/h2-3,6,9,13H,4-5H2,1H3,(H,15,16). The first kappa shape index (κ1) is 15.6. The van der Waals surface area contributed by atoms with Gasteiger partial charge in [-0.05, 0) is 34.7 Å². The topological polar surface area (TPSA) is 102 Å². The van der Waals surface area contributed by atoms with Gasteiger partial charge >= 0.3 is 5.97 Å². The SMILES string of the molecule is COCCC(Nc1ccc(I)cc1[N+](=O)[O-])C(=O)O.